The molecule has 0 radical (unpaired) electrons. The molecule has 2 aromatic rings. The van der Waals surface area contributed by atoms with Gasteiger partial charge in [-0.05, 0) is 42.7 Å². The summed E-state index contributed by atoms with van der Waals surface area (Å²) in [6.45, 7) is 6.39. The van der Waals surface area contributed by atoms with Crippen molar-refractivity contribution in [3.8, 4) is 23.8 Å². The third-order valence-electron chi connectivity index (χ3n) is 4.57. The summed E-state index contributed by atoms with van der Waals surface area (Å²) in [6, 6.07) is 12.5. The van der Waals surface area contributed by atoms with E-state index >= 15 is 0 Å². The molecular formula is C25H24N2O4. The maximum Gasteiger partial charge on any atom is 0.329 e. The summed E-state index contributed by atoms with van der Waals surface area (Å²) >= 11 is 0. The minimum atomic E-state index is -0.453. The lowest BCUT2D eigenvalue weighted by Crippen LogP contribution is -2.30. The number of allylic oxidation sites excluding steroid dienone is 1. The van der Waals surface area contributed by atoms with Crippen molar-refractivity contribution in [3.63, 3.8) is 0 Å². The second-order valence-corrected chi connectivity index (χ2v) is 6.79. The molecule has 1 fully saturated rings. The molecule has 0 saturated carbocycles. The Hall–Kier alpha value is -3.98. The SMILES string of the molecule is C#CCOc1c(CC=C)cc(/C=C2/NC(=O)N(Cc3ccccc3)C2=O)cc1OCC. The summed E-state index contributed by atoms with van der Waals surface area (Å²) in [7, 11) is 0. The van der Waals surface area contributed by atoms with E-state index in [0.29, 0.717) is 30.1 Å². The fourth-order valence-electron chi connectivity index (χ4n) is 3.26. The Morgan fingerprint density at radius 2 is 1.97 bits per heavy atom. The van der Waals surface area contributed by atoms with Crippen LogP contribution in [-0.4, -0.2) is 30.1 Å². The number of imide groups is 1. The van der Waals surface area contributed by atoms with Gasteiger partial charge < -0.3 is 14.8 Å². The van der Waals surface area contributed by atoms with Gasteiger partial charge in [0.1, 0.15) is 12.3 Å². The van der Waals surface area contributed by atoms with Crippen LogP contribution in [0.25, 0.3) is 6.08 Å². The Kier molecular flexibility index (Phi) is 7.13. The van der Waals surface area contributed by atoms with Crippen molar-refractivity contribution < 1.29 is 19.1 Å². The molecule has 31 heavy (non-hydrogen) atoms. The first-order valence-electron chi connectivity index (χ1n) is 9.92. The Morgan fingerprint density at radius 3 is 2.65 bits per heavy atom. The largest absolute Gasteiger partial charge is 0.490 e. The summed E-state index contributed by atoms with van der Waals surface area (Å²) in [6.07, 6.45) is 9.23. The molecular weight excluding hydrogens is 392 g/mol. The average Bonchev–Trinajstić information content (AvgIpc) is 3.02. The van der Waals surface area contributed by atoms with E-state index in [1.807, 2.05) is 43.3 Å². The summed E-state index contributed by atoms with van der Waals surface area (Å²) in [5.41, 5.74) is 2.58. The van der Waals surface area contributed by atoms with Crippen molar-refractivity contribution in [2.24, 2.45) is 0 Å². The summed E-state index contributed by atoms with van der Waals surface area (Å²) < 4.78 is 11.4. The summed E-state index contributed by atoms with van der Waals surface area (Å²) in [5.74, 6) is 3.13. The van der Waals surface area contributed by atoms with Crippen molar-refractivity contribution in [3.05, 3.63) is 77.5 Å². The molecule has 1 aliphatic heterocycles. The van der Waals surface area contributed by atoms with Crippen LogP contribution in [0.4, 0.5) is 4.79 Å². The molecule has 1 heterocycles. The summed E-state index contributed by atoms with van der Waals surface area (Å²) in [4.78, 5) is 26.4. The predicted molar refractivity (Wildman–Crippen MR) is 119 cm³/mol. The summed E-state index contributed by atoms with van der Waals surface area (Å²) in [5, 5.41) is 2.65. The Balaban J connectivity index is 1.93. The minimum absolute atomic E-state index is 0.105. The lowest BCUT2D eigenvalue weighted by molar-refractivity contribution is -0.123. The topological polar surface area (TPSA) is 67.9 Å². The average molecular weight is 416 g/mol. The fourth-order valence-corrected chi connectivity index (χ4v) is 3.26. The molecule has 0 atom stereocenters. The van der Waals surface area contributed by atoms with Gasteiger partial charge in [-0.3, -0.25) is 9.69 Å². The number of terminal acetylenes is 1. The van der Waals surface area contributed by atoms with Gasteiger partial charge in [-0.1, -0.05) is 42.3 Å². The zero-order chi connectivity index (χ0) is 22.2. The van der Waals surface area contributed by atoms with E-state index in [-0.39, 0.29) is 24.8 Å². The molecule has 0 bridgehead atoms. The Morgan fingerprint density at radius 1 is 1.19 bits per heavy atom. The van der Waals surface area contributed by atoms with E-state index in [1.165, 1.54) is 4.90 Å². The first-order chi connectivity index (χ1) is 15.1. The maximum atomic E-state index is 12.8. The van der Waals surface area contributed by atoms with Crippen LogP contribution in [0.2, 0.25) is 0 Å². The number of nitrogens with zero attached hydrogens (tertiary/aromatic N) is 1. The standard InChI is InChI=1S/C25H24N2O4/c1-4-10-20-14-19(16-22(30-6-3)23(20)31-13-5-2)15-21-24(28)27(25(29)26-21)17-18-11-8-7-9-12-18/h2,4,7-9,11-12,14-16H,1,6,10,13,17H2,3H3,(H,26,29)/b21-15+. The van der Waals surface area contributed by atoms with Gasteiger partial charge in [0.05, 0.1) is 13.2 Å². The van der Waals surface area contributed by atoms with Gasteiger partial charge in [0.2, 0.25) is 0 Å². The van der Waals surface area contributed by atoms with Crippen molar-refractivity contribution in [1.29, 1.82) is 0 Å². The lowest BCUT2D eigenvalue weighted by Gasteiger charge is -2.15. The van der Waals surface area contributed by atoms with Crippen LogP contribution in [0, 0.1) is 12.3 Å². The quantitative estimate of drug-likeness (QED) is 0.291. The number of amides is 3. The molecule has 6 heteroatoms. The lowest BCUT2D eigenvalue weighted by atomic mass is 10.0. The minimum Gasteiger partial charge on any atom is -0.490 e. The van der Waals surface area contributed by atoms with Crippen LogP contribution in [-0.2, 0) is 17.8 Å². The van der Waals surface area contributed by atoms with Crippen molar-refractivity contribution >= 4 is 18.0 Å². The number of hydrogen-bond acceptors (Lipinski definition) is 4. The van der Waals surface area contributed by atoms with E-state index in [2.05, 4.69) is 17.8 Å². The van der Waals surface area contributed by atoms with Crippen LogP contribution in [0.15, 0.2) is 60.8 Å². The molecule has 158 valence electrons. The second kappa shape index (κ2) is 10.2. The number of ether oxygens (including phenoxy) is 2. The van der Waals surface area contributed by atoms with E-state index in [1.54, 1.807) is 18.2 Å². The molecule has 3 amide bonds. The zero-order valence-corrected chi connectivity index (χ0v) is 17.4. The van der Waals surface area contributed by atoms with Crippen LogP contribution >= 0.6 is 0 Å². The molecule has 1 N–H and O–H groups in total. The highest BCUT2D eigenvalue weighted by Crippen LogP contribution is 2.35. The fraction of sp³-hybridized carbons (Fsp3) is 0.200. The number of urea groups is 1. The first-order valence-corrected chi connectivity index (χ1v) is 9.92. The molecule has 0 spiro atoms. The highest BCUT2D eigenvalue weighted by atomic mass is 16.5. The normalized spacial score (nSPS) is 14.3. The van der Waals surface area contributed by atoms with Gasteiger partial charge in [0, 0.05) is 5.56 Å². The Labute approximate surface area is 182 Å². The van der Waals surface area contributed by atoms with E-state index in [4.69, 9.17) is 15.9 Å². The Bertz CT molecular complexity index is 1050. The van der Waals surface area contributed by atoms with E-state index in [9.17, 15) is 9.59 Å². The number of nitrogens with one attached hydrogen (secondary N) is 1. The van der Waals surface area contributed by atoms with E-state index < -0.39 is 6.03 Å². The van der Waals surface area contributed by atoms with Gasteiger partial charge in [0.15, 0.2) is 11.5 Å². The van der Waals surface area contributed by atoms with Gasteiger partial charge in [0.25, 0.3) is 5.91 Å². The number of hydrogen-bond donors (Lipinski definition) is 1. The van der Waals surface area contributed by atoms with Crippen molar-refractivity contribution in [2.45, 2.75) is 19.9 Å². The number of benzene rings is 2. The van der Waals surface area contributed by atoms with Crippen LogP contribution in [0.3, 0.4) is 0 Å². The molecule has 0 aromatic heterocycles. The monoisotopic (exact) mass is 416 g/mol. The van der Waals surface area contributed by atoms with E-state index in [0.717, 1.165) is 11.1 Å². The van der Waals surface area contributed by atoms with Crippen molar-refractivity contribution in [1.82, 2.24) is 10.2 Å². The molecule has 2 aromatic carbocycles. The molecule has 0 unspecified atom stereocenters. The van der Waals surface area contributed by atoms with Gasteiger partial charge >= 0.3 is 6.03 Å². The predicted octanol–water partition coefficient (Wildman–Crippen LogP) is 3.92. The number of carbonyl (C=O) groups is 2. The van der Waals surface area contributed by atoms with Gasteiger partial charge in [-0.2, -0.15) is 0 Å². The maximum absolute atomic E-state index is 12.8. The third-order valence-corrected chi connectivity index (χ3v) is 4.57. The first kappa shape index (κ1) is 21.7. The molecule has 0 aliphatic carbocycles. The van der Waals surface area contributed by atoms with Gasteiger partial charge in [-0.25, -0.2) is 4.79 Å². The second-order valence-electron chi connectivity index (χ2n) is 6.79. The third kappa shape index (κ3) is 5.14. The van der Waals surface area contributed by atoms with Crippen LogP contribution < -0.4 is 14.8 Å². The zero-order valence-electron chi connectivity index (χ0n) is 17.4. The highest BCUT2D eigenvalue weighted by molar-refractivity contribution is 6.13. The van der Waals surface area contributed by atoms with Crippen LogP contribution in [0.5, 0.6) is 11.5 Å². The number of carbonyl (C=O) groups excluding carboxylic acids is 2. The molecule has 1 aliphatic rings. The molecule has 3 rings (SSSR count). The number of rotatable bonds is 9. The smallest absolute Gasteiger partial charge is 0.329 e. The van der Waals surface area contributed by atoms with Gasteiger partial charge in [-0.15, -0.1) is 13.0 Å². The van der Waals surface area contributed by atoms with Crippen molar-refractivity contribution in [2.75, 3.05) is 13.2 Å². The molecule has 6 nitrogen and oxygen atoms in total. The highest BCUT2D eigenvalue weighted by Gasteiger charge is 2.33. The molecule has 1 saturated heterocycles. The van der Waals surface area contributed by atoms with Crippen LogP contribution in [0.1, 0.15) is 23.6 Å².